The zero-order valence-electron chi connectivity index (χ0n) is 7.87. The smallest absolute Gasteiger partial charge is 0.110 e. The molecule has 0 aliphatic rings. The molecule has 0 aliphatic carbocycles. The number of nitrogen functional groups attached to an aromatic ring is 1. The van der Waals surface area contributed by atoms with Crippen LogP contribution in [0.4, 0.5) is 5.69 Å². The summed E-state index contributed by atoms with van der Waals surface area (Å²) in [6, 6.07) is 7.97. The van der Waals surface area contributed by atoms with E-state index >= 15 is 0 Å². The van der Waals surface area contributed by atoms with E-state index in [1.165, 1.54) is 10.3 Å². The van der Waals surface area contributed by atoms with Gasteiger partial charge in [-0.1, -0.05) is 6.92 Å². The highest BCUT2D eigenvalue weighted by Crippen LogP contribution is 2.30. The largest absolute Gasteiger partial charge is 0.399 e. The van der Waals surface area contributed by atoms with Crippen molar-refractivity contribution >= 4 is 27.1 Å². The molecular formula is C11H10N2S. The molecule has 2 rings (SSSR count). The molecule has 0 fully saturated rings. The third-order valence-electron chi connectivity index (χ3n) is 2.21. The maximum Gasteiger partial charge on any atom is 0.110 e. The summed E-state index contributed by atoms with van der Waals surface area (Å²) >= 11 is 1.54. The average Bonchev–Trinajstić information content (AvgIpc) is 2.59. The minimum atomic E-state index is 0.750. The average molecular weight is 202 g/mol. The highest BCUT2D eigenvalue weighted by molar-refractivity contribution is 7.19. The maximum absolute atomic E-state index is 8.80. The standard InChI is InChI=1S/C11H10N2S/c1-2-7-3-9(13)4-8-5-10(6-12)14-11(7)8/h3-5H,2,13H2,1H3. The Labute approximate surface area is 86.6 Å². The summed E-state index contributed by atoms with van der Waals surface area (Å²) in [5.41, 5.74) is 7.78. The third-order valence-corrected chi connectivity index (χ3v) is 3.34. The lowest BCUT2D eigenvalue weighted by Crippen LogP contribution is -1.87. The normalized spacial score (nSPS) is 10.3. The van der Waals surface area contributed by atoms with Crippen LogP contribution in [0.15, 0.2) is 18.2 Å². The van der Waals surface area contributed by atoms with Gasteiger partial charge < -0.3 is 5.73 Å². The highest BCUT2D eigenvalue weighted by atomic mass is 32.1. The monoisotopic (exact) mass is 202 g/mol. The van der Waals surface area contributed by atoms with E-state index in [9.17, 15) is 0 Å². The van der Waals surface area contributed by atoms with Crippen LogP contribution in [0.5, 0.6) is 0 Å². The summed E-state index contributed by atoms with van der Waals surface area (Å²) in [5.74, 6) is 0. The number of fused-ring (bicyclic) bond motifs is 1. The van der Waals surface area contributed by atoms with Crippen LogP contribution >= 0.6 is 11.3 Å². The molecule has 1 heterocycles. The van der Waals surface area contributed by atoms with Crippen molar-refractivity contribution in [3.63, 3.8) is 0 Å². The van der Waals surface area contributed by atoms with Crippen LogP contribution in [0.25, 0.3) is 10.1 Å². The van der Waals surface area contributed by atoms with Crippen LogP contribution in [0.2, 0.25) is 0 Å². The molecule has 0 amide bonds. The molecule has 70 valence electrons. The molecule has 14 heavy (non-hydrogen) atoms. The number of thiophene rings is 1. The van der Waals surface area contributed by atoms with E-state index in [4.69, 9.17) is 11.0 Å². The Morgan fingerprint density at radius 1 is 1.43 bits per heavy atom. The lowest BCUT2D eigenvalue weighted by atomic mass is 10.1. The van der Waals surface area contributed by atoms with Gasteiger partial charge in [0.2, 0.25) is 0 Å². The van der Waals surface area contributed by atoms with E-state index in [-0.39, 0.29) is 0 Å². The molecular weight excluding hydrogens is 192 g/mol. The fraction of sp³-hybridized carbons (Fsp3) is 0.182. The first-order valence-electron chi connectivity index (χ1n) is 4.46. The van der Waals surface area contributed by atoms with Crippen molar-refractivity contribution in [1.29, 1.82) is 5.26 Å². The molecule has 0 spiro atoms. The molecule has 0 saturated carbocycles. The third kappa shape index (κ3) is 1.34. The minimum absolute atomic E-state index is 0.750. The molecule has 0 atom stereocenters. The number of anilines is 1. The number of benzene rings is 1. The first kappa shape index (κ1) is 9.04. The second-order valence-electron chi connectivity index (χ2n) is 3.17. The van der Waals surface area contributed by atoms with E-state index in [1.807, 2.05) is 18.2 Å². The van der Waals surface area contributed by atoms with Crippen molar-refractivity contribution in [3.05, 3.63) is 28.6 Å². The van der Waals surface area contributed by atoms with E-state index in [0.717, 1.165) is 22.4 Å². The van der Waals surface area contributed by atoms with Crippen molar-refractivity contribution in [2.45, 2.75) is 13.3 Å². The molecule has 2 nitrogen and oxygen atoms in total. The van der Waals surface area contributed by atoms with Crippen molar-refractivity contribution in [3.8, 4) is 6.07 Å². The number of hydrogen-bond acceptors (Lipinski definition) is 3. The summed E-state index contributed by atoms with van der Waals surface area (Å²) in [5, 5.41) is 9.89. The number of nitrogens with two attached hydrogens (primary N) is 1. The Hall–Kier alpha value is -1.53. The first-order valence-corrected chi connectivity index (χ1v) is 5.28. The van der Waals surface area contributed by atoms with Gasteiger partial charge in [-0.15, -0.1) is 11.3 Å². The Morgan fingerprint density at radius 2 is 2.21 bits per heavy atom. The van der Waals surface area contributed by atoms with Crippen LogP contribution in [0.3, 0.4) is 0 Å². The van der Waals surface area contributed by atoms with Gasteiger partial charge in [0.1, 0.15) is 10.9 Å². The molecule has 3 heteroatoms. The van der Waals surface area contributed by atoms with E-state index in [2.05, 4.69) is 13.0 Å². The molecule has 2 N–H and O–H groups in total. The molecule has 2 aromatic rings. The summed E-state index contributed by atoms with van der Waals surface area (Å²) in [7, 11) is 0. The molecule has 1 aromatic heterocycles. The van der Waals surface area contributed by atoms with Crippen molar-refractivity contribution in [2.75, 3.05) is 5.73 Å². The lowest BCUT2D eigenvalue weighted by Gasteiger charge is -2.00. The lowest BCUT2D eigenvalue weighted by molar-refractivity contribution is 1.17. The SMILES string of the molecule is CCc1cc(N)cc2cc(C#N)sc12. The quantitative estimate of drug-likeness (QED) is 0.723. The van der Waals surface area contributed by atoms with Gasteiger partial charge in [0.15, 0.2) is 0 Å². The number of hydrogen-bond donors (Lipinski definition) is 1. The molecule has 0 unspecified atom stereocenters. The molecule has 0 aliphatic heterocycles. The van der Waals surface area contributed by atoms with E-state index in [1.54, 1.807) is 11.3 Å². The number of nitriles is 1. The Kier molecular flexibility index (Phi) is 2.14. The Balaban J connectivity index is 2.79. The van der Waals surface area contributed by atoms with Gasteiger partial charge in [-0.05, 0) is 35.6 Å². The van der Waals surface area contributed by atoms with Gasteiger partial charge in [0.25, 0.3) is 0 Å². The molecule has 0 bridgehead atoms. The van der Waals surface area contributed by atoms with Crippen molar-refractivity contribution in [1.82, 2.24) is 0 Å². The predicted octanol–water partition coefficient (Wildman–Crippen LogP) is 2.92. The maximum atomic E-state index is 8.80. The Bertz CT molecular complexity index is 520. The number of rotatable bonds is 1. The fourth-order valence-electron chi connectivity index (χ4n) is 1.57. The van der Waals surface area contributed by atoms with Crippen molar-refractivity contribution in [2.24, 2.45) is 0 Å². The van der Waals surface area contributed by atoms with Gasteiger partial charge in [-0.3, -0.25) is 0 Å². The van der Waals surface area contributed by atoms with Crippen LogP contribution < -0.4 is 5.73 Å². The van der Waals surface area contributed by atoms with Gasteiger partial charge in [0.05, 0.1) is 0 Å². The van der Waals surface area contributed by atoms with Gasteiger partial charge in [-0.25, -0.2) is 0 Å². The van der Waals surface area contributed by atoms with E-state index < -0.39 is 0 Å². The molecule has 1 aromatic carbocycles. The topological polar surface area (TPSA) is 49.8 Å². The van der Waals surface area contributed by atoms with Gasteiger partial charge in [-0.2, -0.15) is 5.26 Å². The van der Waals surface area contributed by atoms with Gasteiger partial charge >= 0.3 is 0 Å². The summed E-state index contributed by atoms with van der Waals surface area (Å²) in [6.07, 6.45) is 0.951. The van der Waals surface area contributed by atoms with Gasteiger partial charge in [0, 0.05) is 10.4 Å². The van der Waals surface area contributed by atoms with Crippen LogP contribution in [0, 0.1) is 11.3 Å². The second-order valence-corrected chi connectivity index (χ2v) is 4.23. The number of aryl methyl sites for hydroxylation is 1. The summed E-state index contributed by atoms with van der Waals surface area (Å²) in [4.78, 5) is 0.750. The zero-order chi connectivity index (χ0) is 10.1. The van der Waals surface area contributed by atoms with Crippen LogP contribution in [-0.4, -0.2) is 0 Å². The number of nitrogens with zero attached hydrogens (tertiary/aromatic N) is 1. The molecule has 0 saturated heterocycles. The van der Waals surface area contributed by atoms with Crippen molar-refractivity contribution < 1.29 is 0 Å². The first-order chi connectivity index (χ1) is 6.74. The Morgan fingerprint density at radius 3 is 2.86 bits per heavy atom. The fourth-order valence-corrected chi connectivity index (χ4v) is 2.59. The van der Waals surface area contributed by atoms with Crippen LogP contribution in [-0.2, 0) is 6.42 Å². The van der Waals surface area contributed by atoms with Crippen LogP contribution in [0.1, 0.15) is 17.4 Å². The highest BCUT2D eigenvalue weighted by Gasteiger charge is 2.06. The predicted molar refractivity (Wildman–Crippen MR) is 60.3 cm³/mol. The van der Waals surface area contributed by atoms with E-state index in [0.29, 0.717) is 0 Å². The minimum Gasteiger partial charge on any atom is -0.399 e. The zero-order valence-corrected chi connectivity index (χ0v) is 8.69. The summed E-state index contributed by atoms with van der Waals surface area (Å²) < 4.78 is 1.19. The second kappa shape index (κ2) is 3.32. The summed E-state index contributed by atoms with van der Waals surface area (Å²) in [6.45, 7) is 2.10. The molecule has 0 radical (unpaired) electrons.